The molecule has 0 aromatic carbocycles. The van der Waals surface area contributed by atoms with Crippen molar-refractivity contribution in [2.24, 2.45) is 7.05 Å². The molecule has 24 heavy (non-hydrogen) atoms. The molecule has 7 nitrogen and oxygen atoms in total. The number of carboxylic acid groups (broad SMARTS) is 1. The Balaban J connectivity index is 2.26. The first kappa shape index (κ1) is 18.5. The predicted molar refractivity (Wildman–Crippen MR) is 80.6 cm³/mol. The van der Waals surface area contributed by atoms with Crippen molar-refractivity contribution in [3.63, 3.8) is 0 Å². The first-order valence-electron chi connectivity index (χ1n) is 7.50. The summed E-state index contributed by atoms with van der Waals surface area (Å²) in [5.41, 5.74) is -0.328. The Hall–Kier alpha value is -1.81. The van der Waals surface area contributed by atoms with Gasteiger partial charge in [-0.05, 0) is 20.5 Å². The van der Waals surface area contributed by atoms with E-state index in [0.29, 0.717) is 24.4 Å². The van der Waals surface area contributed by atoms with E-state index in [0.717, 1.165) is 0 Å². The molecule has 1 fully saturated rings. The van der Waals surface area contributed by atoms with Crippen LogP contribution in [-0.2, 0) is 7.05 Å². The quantitative estimate of drug-likeness (QED) is 0.810. The molecule has 0 saturated carbocycles. The van der Waals surface area contributed by atoms with Crippen molar-refractivity contribution in [2.45, 2.75) is 24.2 Å². The third-order valence-corrected chi connectivity index (χ3v) is 4.65. The van der Waals surface area contributed by atoms with Crippen LogP contribution in [0, 0.1) is 0 Å². The number of nitrogens with zero attached hydrogens (tertiary/aromatic N) is 4. The maximum absolute atomic E-state index is 13.6. The van der Waals surface area contributed by atoms with E-state index in [1.54, 1.807) is 0 Å². The first-order chi connectivity index (χ1) is 11.1. The minimum Gasteiger partial charge on any atom is -0.465 e. The molecule has 0 spiro atoms. The van der Waals surface area contributed by atoms with Gasteiger partial charge < -0.3 is 19.9 Å². The second kappa shape index (κ2) is 6.60. The number of carbonyl (C=O) groups is 1. The summed E-state index contributed by atoms with van der Waals surface area (Å²) in [4.78, 5) is 17.6. The number of aryl methyl sites for hydroxylation is 1. The average Bonchev–Trinajstić information content (AvgIpc) is 2.79. The van der Waals surface area contributed by atoms with Gasteiger partial charge in [0.2, 0.25) is 0 Å². The summed E-state index contributed by atoms with van der Waals surface area (Å²) in [7, 11) is 5.09. The van der Waals surface area contributed by atoms with Gasteiger partial charge in [-0.1, -0.05) is 0 Å². The summed E-state index contributed by atoms with van der Waals surface area (Å²) in [6.45, 7) is 1.01. The Morgan fingerprint density at radius 1 is 1.50 bits per heavy atom. The highest BCUT2D eigenvalue weighted by molar-refractivity contribution is 5.65. The average molecular weight is 349 g/mol. The molecule has 2 heterocycles. The number of alkyl halides is 3. The van der Waals surface area contributed by atoms with Crippen LogP contribution in [0.25, 0.3) is 0 Å². The van der Waals surface area contributed by atoms with E-state index in [4.69, 9.17) is 0 Å². The number of hydrogen-bond acceptors (Lipinski definition) is 4. The molecule has 1 unspecified atom stereocenters. The number of aromatic nitrogens is 2. The number of amides is 1. The van der Waals surface area contributed by atoms with Gasteiger partial charge in [0.1, 0.15) is 5.82 Å². The molecule has 1 atom stereocenters. The second-order valence-corrected chi connectivity index (χ2v) is 6.29. The highest BCUT2D eigenvalue weighted by atomic mass is 19.4. The molecule has 2 rings (SSSR count). The fraction of sp³-hybridized carbons (Fsp3) is 0.714. The van der Waals surface area contributed by atoms with Crippen LogP contribution in [0.2, 0.25) is 0 Å². The molecule has 10 heteroatoms. The minimum atomic E-state index is -4.75. The van der Waals surface area contributed by atoms with E-state index in [2.05, 4.69) is 10.3 Å². The summed E-state index contributed by atoms with van der Waals surface area (Å²) >= 11 is 0. The van der Waals surface area contributed by atoms with Gasteiger partial charge in [-0.15, -0.1) is 0 Å². The molecule has 0 radical (unpaired) electrons. The number of halogens is 3. The molecule has 1 aliphatic heterocycles. The number of imidazole rings is 1. The molecule has 2 N–H and O–H groups in total. The molecule has 0 bridgehead atoms. The van der Waals surface area contributed by atoms with Crippen LogP contribution in [0.15, 0.2) is 12.4 Å². The summed E-state index contributed by atoms with van der Waals surface area (Å²) in [5.74, 6) is -0.337. The standard InChI is InChI=1S/C14H22F3N5O2/c1-20(2)13(8-18-9-13)4-6-22(12(23)24)10(14(15,16)17)11-19-5-7-21(11)3/h5,7,10,18H,4,6,8-9H2,1-3H3,(H,23,24). The number of nitrogens with one attached hydrogen (secondary N) is 1. The summed E-state index contributed by atoms with van der Waals surface area (Å²) in [6, 6.07) is -2.29. The maximum atomic E-state index is 13.6. The summed E-state index contributed by atoms with van der Waals surface area (Å²) < 4.78 is 41.9. The smallest absolute Gasteiger partial charge is 0.416 e. The Morgan fingerprint density at radius 3 is 2.46 bits per heavy atom. The molecule has 136 valence electrons. The monoisotopic (exact) mass is 349 g/mol. The SMILES string of the molecule is CN(C)C1(CCN(C(=O)O)C(c2nccn2C)C(F)(F)F)CNC1. The lowest BCUT2D eigenvalue weighted by Crippen LogP contribution is -2.67. The van der Waals surface area contributed by atoms with Crippen LogP contribution >= 0.6 is 0 Å². The Bertz CT molecular complexity index is 583. The second-order valence-electron chi connectivity index (χ2n) is 6.29. The zero-order valence-electron chi connectivity index (χ0n) is 13.8. The van der Waals surface area contributed by atoms with Gasteiger partial charge in [0.15, 0.2) is 6.04 Å². The number of rotatable bonds is 6. The van der Waals surface area contributed by atoms with Crippen molar-refractivity contribution in [1.82, 2.24) is 24.7 Å². The lowest BCUT2D eigenvalue weighted by Gasteiger charge is -2.49. The lowest BCUT2D eigenvalue weighted by atomic mass is 9.87. The maximum Gasteiger partial charge on any atom is 0.416 e. The van der Waals surface area contributed by atoms with Crippen LogP contribution in [0.4, 0.5) is 18.0 Å². The Labute approximate surface area is 138 Å². The van der Waals surface area contributed by atoms with E-state index < -0.39 is 18.3 Å². The fourth-order valence-electron chi connectivity index (χ4n) is 2.90. The number of likely N-dealkylation sites (N-methyl/N-ethyl adjacent to an activating group) is 1. The highest BCUT2D eigenvalue weighted by Crippen LogP contribution is 2.37. The first-order valence-corrected chi connectivity index (χ1v) is 7.50. The van der Waals surface area contributed by atoms with Crippen LogP contribution in [0.5, 0.6) is 0 Å². The summed E-state index contributed by atoms with van der Waals surface area (Å²) in [6.07, 6.45) is -3.46. The molecule has 1 aliphatic rings. The van der Waals surface area contributed by atoms with Gasteiger partial charge in [0.05, 0.1) is 0 Å². The largest absolute Gasteiger partial charge is 0.465 e. The van der Waals surface area contributed by atoms with Crippen molar-refractivity contribution in [3.05, 3.63) is 18.2 Å². The van der Waals surface area contributed by atoms with E-state index in [-0.39, 0.29) is 17.9 Å². The van der Waals surface area contributed by atoms with E-state index in [1.807, 2.05) is 19.0 Å². The topological polar surface area (TPSA) is 73.6 Å². The van der Waals surface area contributed by atoms with E-state index in [1.165, 1.54) is 24.0 Å². The molecule has 0 aliphatic carbocycles. The van der Waals surface area contributed by atoms with Gasteiger partial charge in [-0.2, -0.15) is 13.2 Å². The Morgan fingerprint density at radius 2 is 2.12 bits per heavy atom. The van der Waals surface area contributed by atoms with Crippen molar-refractivity contribution >= 4 is 6.09 Å². The molecular weight excluding hydrogens is 327 g/mol. The molecule has 1 aromatic heterocycles. The highest BCUT2D eigenvalue weighted by Gasteiger charge is 2.50. The van der Waals surface area contributed by atoms with Gasteiger partial charge in [0, 0.05) is 44.6 Å². The zero-order valence-corrected chi connectivity index (χ0v) is 13.8. The predicted octanol–water partition coefficient (Wildman–Crippen LogP) is 1.30. The van der Waals surface area contributed by atoms with E-state index in [9.17, 15) is 23.1 Å². The molecular formula is C14H22F3N5O2. The van der Waals surface area contributed by atoms with Crippen LogP contribution < -0.4 is 5.32 Å². The minimum absolute atomic E-state index is 0.230. The van der Waals surface area contributed by atoms with E-state index >= 15 is 0 Å². The molecule has 1 amide bonds. The zero-order chi connectivity index (χ0) is 18.1. The van der Waals surface area contributed by atoms with Crippen molar-refractivity contribution in [2.75, 3.05) is 33.7 Å². The lowest BCUT2D eigenvalue weighted by molar-refractivity contribution is -0.184. The normalized spacial score (nSPS) is 18.3. The van der Waals surface area contributed by atoms with Crippen LogP contribution in [0.1, 0.15) is 18.3 Å². The van der Waals surface area contributed by atoms with Gasteiger partial charge in [-0.25, -0.2) is 9.78 Å². The summed E-state index contributed by atoms with van der Waals surface area (Å²) in [5, 5.41) is 12.5. The van der Waals surface area contributed by atoms with Gasteiger partial charge in [-0.3, -0.25) is 4.90 Å². The van der Waals surface area contributed by atoms with Crippen molar-refractivity contribution < 1.29 is 23.1 Å². The van der Waals surface area contributed by atoms with Gasteiger partial charge in [0.25, 0.3) is 0 Å². The van der Waals surface area contributed by atoms with Crippen molar-refractivity contribution in [1.29, 1.82) is 0 Å². The molecule has 1 saturated heterocycles. The fourth-order valence-corrected chi connectivity index (χ4v) is 2.90. The molecule has 1 aromatic rings. The van der Waals surface area contributed by atoms with Crippen LogP contribution in [-0.4, -0.2) is 76.0 Å². The third-order valence-electron chi connectivity index (χ3n) is 4.65. The van der Waals surface area contributed by atoms with Crippen LogP contribution in [0.3, 0.4) is 0 Å². The van der Waals surface area contributed by atoms with Gasteiger partial charge >= 0.3 is 12.3 Å². The number of hydrogen-bond donors (Lipinski definition) is 2. The third kappa shape index (κ3) is 3.48. The Kier molecular flexibility index (Phi) is 5.09. The van der Waals surface area contributed by atoms with Crippen molar-refractivity contribution in [3.8, 4) is 0 Å².